The van der Waals surface area contributed by atoms with Gasteiger partial charge in [0.2, 0.25) is 0 Å². The number of hydrogen-bond acceptors (Lipinski definition) is 3. The maximum Gasteiger partial charge on any atom is 0.183 e. The number of carbonyl (C=O) groups excluding carboxylic acids is 1. The van der Waals surface area contributed by atoms with Crippen molar-refractivity contribution >= 4 is 17.4 Å². The molecular weight excluding hydrogens is 300 g/mol. The highest BCUT2D eigenvalue weighted by Crippen LogP contribution is 2.33. The number of rotatable bonds is 6. The van der Waals surface area contributed by atoms with Gasteiger partial charge in [-0.2, -0.15) is 0 Å². The SMILES string of the molecule is C#CC(C)(C)CCC1=c2c(OC)c(OC)c(C(C)C)cc2=CC1=O. The van der Waals surface area contributed by atoms with Gasteiger partial charge in [0, 0.05) is 21.8 Å². The molecule has 1 aliphatic rings. The van der Waals surface area contributed by atoms with Crippen LogP contribution in [0.25, 0.3) is 11.6 Å². The minimum absolute atomic E-state index is 0.0408. The molecule has 0 bridgehead atoms. The zero-order valence-electron chi connectivity index (χ0n) is 15.4. The Hall–Kier alpha value is -2.21. The van der Waals surface area contributed by atoms with Crippen molar-refractivity contribution in [3.63, 3.8) is 0 Å². The minimum Gasteiger partial charge on any atom is -0.493 e. The van der Waals surface area contributed by atoms with E-state index >= 15 is 0 Å². The summed E-state index contributed by atoms with van der Waals surface area (Å²) >= 11 is 0. The van der Waals surface area contributed by atoms with Gasteiger partial charge in [0.15, 0.2) is 17.3 Å². The summed E-state index contributed by atoms with van der Waals surface area (Å²) in [5, 5.41) is 1.77. The van der Waals surface area contributed by atoms with Crippen molar-refractivity contribution < 1.29 is 14.3 Å². The number of benzene rings is 1. The van der Waals surface area contributed by atoms with Crippen LogP contribution in [0.1, 0.15) is 52.0 Å². The van der Waals surface area contributed by atoms with E-state index in [1.165, 1.54) is 0 Å². The summed E-state index contributed by atoms with van der Waals surface area (Å²) in [7, 11) is 3.26. The Balaban J connectivity index is 2.70. The number of carbonyl (C=O) groups is 1. The van der Waals surface area contributed by atoms with Gasteiger partial charge in [-0.1, -0.05) is 13.8 Å². The first-order chi connectivity index (χ1) is 11.3. The third-order valence-corrected chi connectivity index (χ3v) is 4.60. The Morgan fingerprint density at radius 1 is 1.21 bits per heavy atom. The maximum absolute atomic E-state index is 12.5. The molecule has 0 aromatic heterocycles. The number of ether oxygens (including phenoxy) is 2. The number of hydrogen-bond donors (Lipinski definition) is 0. The van der Waals surface area contributed by atoms with E-state index < -0.39 is 0 Å². The molecule has 0 N–H and O–H groups in total. The van der Waals surface area contributed by atoms with Gasteiger partial charge in [0.1, 0.15) is 0 Å². The van der Waals surface area contributed by atoms with Gasteiger partial charge in [-0.3, -0.25) is 4.79 Å². The van der Waals surface area contributed by atoms with Crippen molar-refractivity contribution in [3.8, 4) is 23.8 Å². The lowest BCUT2D eigenvalue weighted by Crippen LogP contribution is -2.27. The van der Waals surface area contributed by atoms with E-state index in [0.717, 1.165) is 28.0 Å². The molecule has 0 saturated heterocycles. The van der Waals surface area contributed by atoms with Crippen LogP contribution < -0.4 is 19.9 Å². The average molecular weight is 326 g/mol. The summed E-state index contributed by atoms with van der Waals surface area (Å²) < 4.78 is 11.3. The fourth-order valence-corrected chi connectivity index (χ4v) is 3.05. The van der Waals surface area contributed by atoms with Crippen LogP contribution in [0, 0.1) is 17.8 Å². The predicted octanol–water partition coefficient (Wildman–Crippen LogP) is 2.78. The lowest BCUT2D eigenvalue weighted by molar-refractivity contribution is -0.108. The lowest BCUT2D eigenvalue weighted by Gasteiger charge is -2.18. The Morgan fingerprint density at radius 2 is 1.83 bits per heavy atom. The second-order valence-corrected chi connectivity index (χ2v) is 7.17. The van der Waals surface area contributed by atoms with Crippen molar-refractivity contribution in [3.05, 3.63) is 22.1 Å². The molecule has 0 amide bonds. The molecule has 0 aliphatic heterocycles. The maximum atomic E-state index is 12.5. The third kappa shape index (κ3) is 3.19. The monoisotopic (exact) mass is 326 g/mol. The van der Waals surface area contributed by atoms with Gasteiger partial charge < -0.3 is 9.47 Å². The molecule has 0 unspecified atom stereocenters. The van der Waals surface area contributed by atoms with Gasteiger partial charge in [0.05, 0.1) is 14.2 Å². The Kier molecular flexibility index (Phi) is 5.08. The van der Waals surface area contributed by atoms with Crippen molar-refractivity contribution in [1.82, 2.24) is 0 Å². The molecule has 2 rings (SSSR count). The van der Waals surface area contributed by atoms with Gasteiger partial charge in [0.25, 0.3) is 0 Å². The summed E-state index contributed by atoms with van der Waals surface area (Å²) in [6, 6.07) is 2.04. The number of ketones is 1. The molecule has 0 radical (unpaired) electrons. The van der Waals surface area contributed by atoms with Crippen LogP contribution in [0.2, 0.25) is 0 Å². The molecule has 0 spiro atoms. The van der Waals surface area contributed by atoms with Crippen molar-refractivity contribution in [1.29, 1.82) is 0 Å². The smallest absolute Gasteiger partial charge is 0.183 e. The number of terminal acetylenes is 1. The minimum atomic E-state index is -0.245. The molecule has 0 saturated carbocycles. The van der Waals surface area contributed by atoms with E-state index in [2.05, 4.69) is 19.8 Å². The molecule has 128 valence electrons. The predicted molar refractivity (Wildman–Crippen MR) is 97.6 cm³/mol. The van der Waals surface area contributed by atoms with Gasteiger partial charge in [-0.05, 0) is 50.0 Å². The molecular formula is C21H26O3. The molecule has 0 heterocycles. The lowest BCUT2D eigenvalue weighted by atomic mass is 9.86. The molecule has 3 nitrogen and oxygen atoms in total. The molecule has 24 heavy (non-hydrogen) atoms. The standard InChI is InChI=1S/C21H26O3/c1-8-21(4,5)10-9-15-17(22)12-14-11-16(13(2)3)19(23-6)20(24-7)18(14)15/h1,11-13H,9-10H2,2-7H3. The van der Waals surface area contributed by atoms with E-state index in [0.29, 0.717) is 17.9 Å². The summed E-state index contributed by atoms with van der Waals surface area (Å²) in [6.45, 7) is 8.22. The molecule has 0 atom stereocenters. The first kappa shape index (κ1) is 18.1. The van der Waals surface area contributed by atoms with Crippen LogP contribution >= 0.6 is 0 Å². The second kappa shape index (κ2) is 6.73. The van der Waals surface area contributed by atoms with Gasteiger partial charge in [-0.15, -0.1) is 12.3 Å². The zero-order valence-corrected chi connectivity index (χ0v) is 15.4. The first-order valence-electron chi connectivity index (χ1n) is 8.27. The van der Waals surface area contributed by atoms with Gasteiger partial charge in [-0.25, -0.2) is 0 Å². The number of Topliss-reactive ketones (excluding diaryl/α,β-unsaturated/α-hetero) is 1. The van der Waals surface area contributed by atoms with Crippen molar-refractivity contribution in [2.75, 3.05) is 14.2 Å². The van der Waals surface area contributed by atoms with E-state index in [-0.39, 0.29) is 17.1 Å². The normalized spacial score (nSPS) is 13.6. The fourth-order valence-electron chi connectivity index (χ4n) is 3.05. The van der Waals surface area contributed by atoms with Crippen molar-refractivity contribution in [2.45, 2.75) is 46.5 Å². The van der Waals surface area contributed by atoms with E-state index in [1.807, 2.05) is 19.9 Å². The van der Waals surface area contributed by atoms with E-state index in [4.69, 9.17) is 15.9 Å². The van der Waals surface area contributed by atoms with Crippen molar-refractivity contribution in [2.24, 2.45) is 5.41 Å². The van der Waals surface area contributed by atoms with Crippen LogP contribution in [-0.2, 0) is 4.79 Å². The Labute approximate surface area is 144 Å². The summed E-state index contributed by atoms with van der Waals surface area (Å²) in [5.74, 6) is 4.46. The topological polar surface area (TPSA) is 35.5 Å². The molecule has 3 heteroatoms. The van der Waals surface area contributed by atoms with Crippen LogP contribution in [0.15, 0.2) is 6.07 Å². The van der Waals surface area contributed by atoms with Crippen LogP contribution in [0.5, 0.6) is 11.5 Å². The summed E-state index contributed by atoms with van der Waals surface area (Å²) in [4.78, 5) is 12.5. The zero-order chi connectivity index (χ0) is 18.1. The number of fused-ring (bicyclic) bond motifs is 1. The average Bonchev–Trinajstić information content (AvgIpc) is 2.86. The fraction of sp³-hybridized carbons (Fsp3) is 0.476. The summed E-state index contributed by atoms with van der Waals surface area (Å²) in [5.41, 5.74) is 1.56. The summed E-state index contributed by atoms with van der Waals surface area (Å²) in [6.07, 6.45) is 8.64. The van der Waals surface area contributed by atoms with E-state index in [9.17, 15) is 4.79 Å². The number of methoxy groups -OCH3 is 2. The molecule has 1 aliphatic carbocycles. The quantitative estimate of drug-likeness (QED) is 0.754. The second-order valence-electron chi connectivity index (χ2n) is 7.17. The van der Waals surface area contributed by atoms with Crippen LogP contribution in [0.3, 0.4) is 0 Å². The van der Waals surface area contributed by atoms with Crippen LogP contribution in [-0.4, -0.2) is 20.0 Å². The Morgan fingerprint density at radius 3 is 2.33 bits per heavy atom. The largest absolute Gasteiger partial charge is 0.493 e. The van der Waals surface area contributed by atoms with Crippen LogP contribution in [0.4, 0.5) is 0 Å². The molecule has 1 aromatic rings. The van der Waals surface area contributed by atoms with Gasteiger partial charge >= 0.3 is 0 Å². The first-order valence-corrected chi connectivity index (χ1v) is 8.27. The molecule has 0 fully saturated rings. The Bertz CT molecular complexity index is 820. The highest BCUT2D eigenvalue weighted by atomic mass is 16.5. The van der Waals surface area contributed by atoms with E-state index in [1.54, 1.807) is 20.3 Å². The molecule has 1 aromatic carbocycles. The highest BCUT2D eigenvalue weighted by Gasteiger charge is 2.25. The highest BCUT2D eigenvalue weighted by molar-refractivity contribution is 6.32. The third-order valence-electron chi connectivity index (χ3n) is 4.60.